The van der Waals surface area contributed by atoms with Crippen LogP contribution in [0.25, 0.3) is 0 Å². The van der Waals surface area contributed by atoms with E-state index in [4.69, 9.17) is 4.74 Å². The number of halogens is 1. The molecule has 21 heavy (non-hydrogen) atoms. The molecule has 2 aliphatic rings. The van der Waals surface area contributed by atoms with Gasteiger partial charge < -0.3 is 9.64 Å². The van der Waals surface area contributed by atoms with Gasteiger partial charge in [0.15, 0.2) is 0 Å². The van der Waals surface area contributed by atoms with Gasteiger partial charge in [-0.3, -0.25) is 0 Å². The molecule has 2 nitrogen and oxygen atoms in total. The lowest BCUT2D eigenvalue weighted by molar-refractivity contribution is 0.162. The summed E-state index contributed by atoms with van der Waals surface area (Å²) >= 11 is 0. The van der Waals surface area contributed by atoms with Gasteiger partial charge in [0, 0.05) is 6.54 Å². The van der Waals surface area contributed by atoms with Crippen LogP contribution in [-0.4, -0.2) is 32.6 Å². The minimum atomic E-state index is -0.0640. The molecule has 2 bridgehead atoms. The first-order valence-corrected chi connectivity index (χ1v) is 8.06. The molecular weight excluding hydrogens is 265 g/mol. The van der Waals surface area contributed by atoms with Crippen LogP contribution in [0.5, 0.6) is 5.75 Å². The fraction of sp³-hybridized carbons (Fsp3) is 0.667. The van der Waals surface area contributed by atoms with Crippen LogP contribution in [0.4, 0.5) is 4.39 Å². The molecule has 0 N–H and O–H groups in total. The minimum Gasteiger partial charge on any atom is -0.497 e. The number of hydrogen-bond donors (Lipinski definition) is 0. The maximum atomic E-state index is 14.4. The van der Waals surface area contributed by atoms with Gasteiger partial charge in [0.05, 0.1) is 7.11 Å². The van der Waals surface area contributed by atoms with E-state index in [0.717, 1.165) is 36.1 Å². The molecule has 0 heterocycles. The van der Waals surface area contributed by atoms with Gasteiger partial charge in [-0.25, -0.2) is 4.39 Å². The van der Waals surface area contributed by atoms with Gasteiger partial charge in [0.1, 0.15) is 11.6 Å². The third-order valence-electron chi connectivity index (χ3n) is 5.47. The van der Waals surface area contributed by atoms with E-state index >= 15 is 0 Å². The van der Waals surface area contributed by atoms with Crippen molar-refractivity contribution < 1.29 is 9.13 Å². The van der Waals surface area contributed by atoms with Crippen LogP contribution in [0.3, 0.4) is 0 Å². The van der Waals surface area contributed by atoms with E-state index in [1.807, 2.05) is 6.07 Å². The van der Waals surface area contributed by atoms with Gasteiger partial charge in [0.2, 0.25) is 0 Å². The number of ether oxygens (including phenoxy) is 1. The first kappa shape index (κ1) is 14.8. The molecule has 0 aliphatic heterocycles. The van der Waals surface area contributed by atoms with Crippen molar-refractivity contribution in [3.05, 3.63) is 29.6 Å². The summed E-state index contributed by atoms with van der Waals surface area (Å²) in [5.74, 6) is 3.18. The van der Waals surface area contributed by atoms with E-state index in [2.05, 4.69) is 19.0 Å². The molecule has 0 spiro atoms. The molecule has 2 saturated carbocycles. The van der Waals surface area contributed by atoms with Crippen molar-refractivity contribution in [2.24, 2.45) is 17.8 Å². The molecule has 116 valence electrons. The summed E-state index contributed by atoms with van der Waals surface area (Å²) in [6.45, 7) is 1.05. The second kappa shape index (κ2) is 5.96. The molecule has 0 amide bonds. The Balaban J connectivity index is 1.94. The van der Waals surface area contributed by atoms with Crippen molar-refractivity contribution in [3.8, 4) is 5.75 Å². The molecule has 0 radical (unpaired) electrons. The number of hydrogen-bond acceptors (Lipinski definition) is 2. The van der Waals surface area contributed by atoms with E-state index < -0.39 is 0 Å². The Kier molecular flexibility index (Phi) is 4.21. The van der Waals surface area contributed by atoms with Gasteiger partial charge in [-0.1, -0.05) is 6.42 Å². The first-order valence-electron chi connectivity index (χ1n) is 8.06. The van der Waals surface area contributed by atoms with Crippen LogP contribution in [0.15, 0.2) is 18.2 Å². The Bertz CT molecular complexity index is 502. The SMILES string of the molecule is COc1ccc(F)c(C2C[C@@H]3CC[C@@H](C3)[C@@H]2CN(C)C)c1. The van der Waals surface area contributed by atoms with Crippen LogP contribution in [0.1, 0.15) is 37.2 Å². The Morgan fingerprint density at radius 3 is 2.76 bits per heavy atom. The van der Waals surface area contributed by atoms with E-state index in [9.17, 15) is 4.39 Å². The summed E-state index contributed by atoms with van der Waals surface area (Å²) in [6, 6.07) is 5.21. The summed E-state index contributed by atoms with van der Waals surface area (Å²) < 4.78 is 19.7. The first-order chi connectivity index (χ1) is 10.1. The lowest BCUT2D eigenvalue weighted by Gasteiger charge is -2.38. The Hall–Kier alpha value is -1.09. The molecule has 0 saturated heterocycles. The van der Waals surface area contributed by atoms with Crippen molar-refractivity contribution in [3.63, 3.8) is 0 Å². The lowest BCUT2D eigenvalue weighted by atomic mass is 9.69. The van der Waals surface area contributed by atoms with Crippen LogP contribution >= 0.6 is 0 Å². The molecule has 4 atom stereocenters. The lowest BCUT2D eigenvalue weighted by Crippen LogP contribution is -2.35. The second-order valence-electron chi connectivity index (χ2n) is 7.09. The van der Waals surface area contributed by atoms with E-state index in [1.165, 1.54) is 19.3 Å². The molecule has 3 heteroatoms. The summed E-state index contributed by atoms with van der Waals surface area (Å²) in [5, 5.41) is 0. The maximum Gasteiger partial charge on any atom is 0.126 e. The summed E-state index contributed by atoms with van der Waals surface area (Å²) in [7, 11) is 5.90. The largest absolute Gasteiger partial charge is 0.497 e. The monoisotopic (exact) mass is 291 g/mol. The van der Waals surface area contributed by atoms with Crippen molar-refractivity contribution in [2.75, 3.05) is 27.7 Å². The molecule has 1 aromatic carbocycles. The molecule has 0 aromatic heterocycles. The van der Waals surface area contributed by atoms with Crippen LogP contribution in [0.2, 0.25) is 0 Å². The smallest absolute Gasteiger partial charge is 0.126 e. The average Bonchev–Trinajstić information content (AvgIpc) is 2.85. The summed E-state index contributed by atoms with van der Waals surface area (Å²) in [6.07, 6.45) is 5.14. The highest BCUT2D eigenvalue weighted by molar-refractivity contribution is 5.33. The molecule has 2 aliphatic carbocycles. The van der Waals surface area contributed by atoms with Gasteiger partial charge in [-0.05, 0) is 80.8 Å². The third-order valence-corrected chi connectivity index (χ3v) is 5.47. The summed E-state index contributed by atoms with van der Waals surface area (Å²) in [4.78, 5) is 2.26. The van der Waals surface area contributed by atoms with E-state index in [0.29, 0.717) is 11.8 Å². The molecule has 1 aromatic rings. The van der Waals surface area contributed by atoms with Crippen molar-refractivity contribution >= 4 is 0 Å². The predicted molar refractivity (Wildman–Crippen MR) is 83.2 cm³/mol. The number of methoxy groups -OCH3 is 1. The molecular formula is C18H26FNO. The Morgan fingerprint density at radius 1 is 1.24 bits per heavy atom. The Labute approximate surface area is 127 Å². The zero-order valence-corrected chi connectivity index (χ0v) is 13.3. The minimum absolute atomic E-state index is 0.0640. The molecule has 3 rings (SSSR count). The highest BCUT2D eigenvalue weighted by atomic mass is 19.1. The van der Waals surface area contributed by atoms with Gasteiger partial charge >= 0.3 is 0 Å². The predicted octanol–water partition coefficient (Wildman–Crippen LogP) is 3.92. The third kappa shape index (κ3) is 2.94. The highest BCUT2D eigenvalue weighted by Crippen LogP contribution is 2.52. The normalized spacial score (nSPS) is 31.7. The standard InChI is InChI=1S/C18H26FNO/c1-20(2)11-17-13-5-4-12(8-13)9-15(17)16-10-14(21-3)6-7-18(16)19/h6-7,10,12-13,15,17H,4-5,8-9,11H2,1-3H3/t12-,13+,15?,17+/m1/s1. The van der Waals surface area contributed by atoms with Crippen molar-refractivity contribution in [2.45, 2.75) is 31.6 Å². The molecule has 1 unspecified atom stereocenters. The van der Waals surface area contributed by atoms with Crippen molar-refractivity contribution in [1.29, 1.82) is 0 Å². The van der Waals surface area contributed by atoms with Crippen LogP contribution in [-0.2, 0) is 0 Å². The fourth-order valence-electron chi connectivity index (χ4n) is 4.57. The van der Waals surface area contributed by atoms with Gasteiger partial charge in [0.25, 0.3) is 0 Å². The highest BCUT2D eigenvalue weighted by Gasteiger charge is 2.43. The fourth-order valence-corrected chi connectivity index (χ4v) is 4.57. The second-order valence-corrected chi connectivity index (χ2v) is 7.09. The maximum absolute atomic E-state index is 14.4. The number of benzene rings is 1. The number of nitrogens with zero attached hydrogens (tertiary/aromatic N) is 1. The van der Waals surface area contributed by atoms with E-state index in [1.54, 1.807) is 19.2 Å². The van der Waals surface area contributed by atoms with Gasteiger partial charge in [-0.2, -0.15) is 0 Å². The average molecular weight is 291 g/mol. The Morgan fingerprint density at radius 2 is 2.05 bits per heavy atom. The quantitative estimate of drug-likeness (QED) is 0.834. The van der Waals surface area contributed by atoms with Crippen LogP contribution in [0, 0.1) is 23.6 Å². The van der Waals surface area contributed by atoms with Crippen molar-refractivity contribution in [1.82, 2.24) is 4.90 Å². The molecule has 2 fully saturated rings. The zero-order chi connectivity index (χ0) is 15.0. The zero-order valence-electron chi connectivity index (χ0n) is 13.3. The summed E-state index contributed by atoms with van der Waals surface area (Å²) in [5.41, 5.74) is 0.873. The number of rotatable bonds is 4. The van der Waals surface area contributed by atoms with E-state index in [-0.39, 0.29) is 5.82 Å². The van der Waals surface area contributed by atoms with Crippen LogP contribution < -0.4 is 4.74 Å². The van der Waals surface area contributed by atoms with Gasteiger partial charge in [-0.15, -0.1) is 0 Å². The topological polar surface area (TPSA) is 12.5 Å². The number of fused-ring (bicyclic) bond motifs is 2.